The van der Waals surface area contributed by atoms with Gasteiger partial charge in [-0.1, -0.05) is 29.8 Å². The van der Waals surface area contributed by atoms with E-state index in [-0.39, 0.29) is 0 Å². The fourth-order valence-corrected chi connectivity index (χ4v) is 2.60. The van der Waals surface area contributed by atoms with Gasteiger partial charge in [-0.2, -0.15) is 5.10 Å². The van der Waals surface area contributed by atoms with Gasteiger partial charge in [-0.25, -0.2) is 4.98 Å². The van der Waals surface area contributed by atoms with E-state index in [0.717, 1.165) is 21.8 Å². The Kier molecular flexibility index (Phi) is 2.89. The summed E-state index contributed by atoms with van der Waals surface area (Å²) in [6, 6.07) is 9.85. The number of aryl methyl sites for hydroxylation is 1. The quantitative estimate of drug-likeness (QED) is 0.763. The van der Waals surface area contributed by atoms with Crippen LogP contribution in [0.4, 0.5) is 0 Å². The first-order valence-electron chi connectivity index (χ1n) is 5.47. The molecule has 18 heavy (non-hydrogen) atoms. The molecule has 1 N–H and O–H groups in total. The molecule has 0 radical (unpaired) electrons. The summed E-state index contributed by atoms with van der Waals surface area (Å²) in [4.78, 5) is 5.55. The highest BCUT2D eigenvalue weighted by atomic mass is 35.5. The van der Waals surface area contributed by atoms with Crippen LogP contribution in [-0.4, -0.2) is 15.2 Å². The lowest BCUT2D eigenvalue weighted by molar-refractivity contribution is 1.10. The van der Waals surface area contributed by atoms with Gasteiger partial charge >= 0.3 is 0 Å². The Hall–Kier alpha value is -1.65. The Morgan fingerprint density at radius 1 is 1.22 bits per heavy atom. The van der Waals surface area contributed by atoms with Crippen molar-refractivity contribution in [2.24, 2.45) is 0 Å². The minimum Gasteiger partial charge on any atom is -0.258 e. The van der Waals surface area contributed by atoms with Crippen LogP contribution in [0.1, 0.15) is 5.56 Å². The van der Waals surface area contributed by atoms with Crippen molar-refractivity contribution in [3.05, 3.63) is 46.3 Å². The molecule has 3 aromatic rings. The fraction of sp³-hybridized carbons (Fsp3) is 0.0769. The minimum atomic E-state index is 0.632. The lowest BCUT2D eigenvalue weighted by Crippen LogP contribution is -1.85. The van der Waals surface area contributed by atoms with Crippen LogP contribution in [0.25, 0.3) is 22.1 Å². The molecule has 0 unspecified atom stereocenters. The number of thiophene rings is 1. The number of benzene rings is 1. The molecule has 1 aromatic carbocycles. The highest BCUT2D eigenvalue weighted by molar-refractivity contribution is 7.13. The molecule has 0 saturated heterocycles. The van der Waals surface area contributed by atoms with Crippen LogP contribution in [0.15, 0.2) is 35.7 Å². The maximum atomic E-state index is 6.27. The second kappa shape index (κ2) is 4.55. The number of nitrogens with zero attached hydrogens (tertiary/aromatic N) is 2. The van der Waals surface area contributed by atoms with Crippen molar-refractivity contribution in [2.75, 3.05) is 0 Å². The van der Waals surface area contributed by atoms with Gasteiger partial charge in [0.25, 0.3) is 0 Å². The summed E-state index contributed by atoms with van der Waals surface area (Å²) in [6.45, 7) is 1.97. The lowest BCUT2D eigenvalue weighted by Gasteiger charge is -2.01. The van der Waals surface area contributed by atoms with Gasteiger partial charge in [0, 0.05) is 5.56 Å². The Balaban J connectivity index is 2.06. The lowest BCUT2D eigenvalue weighted by atomic mass is 10.1. The molecular weight excluding hydrogens is 266 g/mol. The number of hydrogen-bond acceptors (Lipinski definition) is 3. The first-order valence-corrected chi connectivity index (χ1v) is 6.73. The summed E-state index contributed by atoms with van der Waals surface area (Å²) < 4.78 is 0. The molecule has 0 bridgehead atoms. The molecule has 0 aliphatic rings. The summed E-state index contributed by atoms with van der Waals surface area (Å²) in [5, 5.41) is 9.89. The van der Waals surface area contributed by atoms with Crippen LogP contribution in [0.3, 0.4) is 0 Å². The zero-order chi connectivity index (χ0) is 12.5. The molecule has 0 atom stereocenters. The molecule has 90 valence electrons. The van der Waals surface area contributed by atoms with E-state index in [1.54, 1.807) is 11.3 Å². The van der Waals surface area contributed by atoms with Crippen LogP contribution in [0, 0.1) is 6.92 Å². The first-order chi connectivity index (χ1) is 8.75. The van der Waals surface area contributed by atoms with Crippen molar-refractivity contribution in [2.45, 2.75) is 6.92 Å². The number of rotatable bonds is 2. The molecule has 0 aliphatic heterocycles. The summed E-state index contributed by atoms with van der Waals surface area (Å²) in [5.41, 5.74) is 1.88. The van der Waals surface area contributed by atoms with Crippen molar-refractivity contribution in [1.82, 2.24) is 15.2 Å². The summed E-state index contributed by atoms with van der Waals surface area (Å²) in [5.74, 6) is 1.41. The van der Waals surface area contributed by atoms with Gasteiger partial charge in [-0.05, 0) is 30.0 Å². The largest absolute Gasteiger partial charge is 0.258 e. The monoisotopic (exact) mass is 275 g/mol. The number of halogens is 1. The highest BCUT2D eigenvalue weighted by Gasteiger charge is 2.12. The zero-order valence-corrected chi connectivity index (χ0v) is 11.2. The fourth-order valence-electron chi connectivity index (χ4n) is 1.73. The molecule has 2 aromatic heterocycles. The second-order valence-electron chi connectivity index (χ2n) is 3.92. The van der Waals surface area contributed by atoms with Crippen LogP contribution in [-0.2, 0) is 0 Å². The third-order valence-electron chi connectivity index (χ3n) is 2.67. The summed E-state index contributed by atoms with van der Waals surface area (Å²) >= 11 is 7.90. The number of nitrogens with one attached hydrogen (secondary N) is 1. The van der Waals surface area contributed by atoms with Crippen LogP contribution >= 0.6 is 22.9 Å². The third kappa shape index (κ3) is 1.94. The predicted molar refractivity (Wildman–Crippen MR) is 74.9 cm³/mol. The Morgan fingerprint density at radius 2 is 2.11 bits per heavy atom. The van der Waals surface area contributed by atoms with Gasteiger partial charge in [0.2, 0.25) is 0 Å². The molecule has 0 amide bonds. The first kappa shape index (κ1) is 11.4. The molecular formula is C13H10ClN3S. The second-order valence-corrected chi connectivity index (χ2v) is 5.25. The van der Waals surface area contributed by atoms with Gasteiger partial charge < -0.3 is 0 Å². The van der Waals surface area contributed by atoms with E-state index in [4.69, 9.17) is 11.6 Å². The number of aromatic amines is 1. The zero-order valence-electron chi connectivity index (χ0n) is 9.64. The predicted octanol–water partition coefficient (Wildman–Crippen LogP) is 4.16. The van der Waals surface area contributed by atoms with Crippen molar-refractivity contribution in [3.63, 3.8) is 0 Å². The molecule has 3 rings (SSSR count). The number of aromatic nitrogens is 3. The van der Waals surface area contributed by atoms with Crippen molar-refractivity contribution in [1.29, 1.82) is 0 Å². The SMILES string of the molecule is Cc1cccc(-c2n[nH]c(-c3cccs3)n2)c1Cl. The minimum absolute atomic E-state index is 0.632. The van der Waals surface area contributed by atoms with Crippen molar-refractivity contribution < 1.29 is 0 Å². The van der Waals surface area contributed by atoms with Crippen LogP contribution < -0.4 is 0 Å². The van der Waals surface area contributed by atoms with Gasteiger partial charge in [0.05, 0.1) is 9.90 Å². The smallest absolute Gasteiger partial charge is 0.183 e. The number of hydrogen-bond donors (Lipinski definition) is 1. The molecule has 0 fully saturated rings. The molecule has 0 aliphatic carbocycles. The van der Waals surface area contributed by atoms with E-state index in [9.17, 15) is 0 Å². The summed E-state index contributed by atoms with van der Waals surface area (Å²) in [7, 11) is 0. The molecule has 0 spiro atoms. The van der Waals surface area contributed by atoms with E-state index in [2.05, 4.69) is 15.2 Å². The maximum Gasteiger partial charge on any atom is 0.183 e. The van der Waals surface area contributed by atoms with E-state index in [1.165, 1.54) is 0 Å². The third-order valence-corrected chi connectivity index (χ3v) is 4.05. The maximum absolute atomic E-state index is 6.27. The van der Waals surface area contributed by atoms with Gasteiger partial charge in [0.1, 0.15) is 0 Å². The molecule has 0 saturated carbocycles. The highest BCUT2D eigenvalue weighted by Crippen LogP contribution is 2.29. The van der Waals surface area contributed by atoms with Crippen molar-refractivity contribution in [3.8, 4) is 22.1 Å². The number of H-pyrrole nitrogens is 1. The molecule has 2 heterocycles. The van der Waals surface area contributed by atoms with E-state index in [1.807, 2.05) is 42.6 Å². The molecule has 5 heteroatoms. The van der Waals surface area contributed by atoms with Gasteiger partial charge in [0.15, 0.2) is 11.6 Å². The van der Waals surface area contributed by atoms with E-state index < -0.39 is 0 Å². The van der Waals surface area contributed by atoms with E-state index in [0.29, 0.717) is 10.8 Å². The average molecular weight is 276 g/mol. The average Bonchev–Trinajstić information content (AvgIpc) is 3.01. The Labute approximate surface area is 113 Å². The van der Waals surface area contributed by atoms with Gasteiger partial charge in [-0.15, -0.1) is 11.3 Å². The Morgan fingerprint density at radius 3 is 2.89 bits per heavy atom. The normalized spacial score (nSPS) is 10.8. The standard InChI is InChI=1S/C13H10ClN3S/c1-8-4-2-5-9(11(8)14)12-15-13(17-16-12)10-6-3-7-18-10/h2-7H,1H3,(H,15,16,17). The van der Waals surface area contributed by atoms with Crippen LogP contribution in [0.5, 0.6) is 0 Å². The Bertz CT molecular complexity index is 673. The summed E-state index contributed by atoms with van der Waals surface area (Å²) in [6.07, 6.45) is 0. The van der Waals surface area contributed by atoms with Crippen molar-refractivity contribution >= 4 is 22.9 Å². The van der Waals surface area contributed by atoms with Gasteiger partial charge in [-0.3, -0.25) is 5.10 Å². The van der Waals surface area contributed by atoms with Crippen LogP contribution in [0.2, 0.25) is 5.02 Å². The molecule has 3 nitrogen and oxygen atoms in total. The topological polar surface area (TPSA) is 41.6 Å². The van der Waals surface area contributed by atoms with E-state index >= 15 is 0 Å².